The summed E-state index contributed by atoms with van der Waals surface area (Å²) in [6.07, 6.45) is 2.48. The van der Waals surface area contributed by atoms with E-state index >= 15 is 0 Å². The summed E-state index contributed by atoms with van der Waals surface area (Å²) in [5.41, 5.74) is 3.31. The van der Waals surface area contributed by atoms with Crippen molar-refractivity contribution in [3.8, 4) is 5.69 Å². The van der Waals surface area contributed by atoms with Crippen molar-refractivity contribution >= 4 is 28.7 Å². The lowest BCUT2D eigenvalue weighted by molar-refractivity contribution is -0.119. The number of carbonyl (C=O) groups is 1. The average molecular weight is 434 g/mol. The summed E-state index contributed by atoms with van der Waals surface area (Å²) in [7, 11) is 0. The molecule has 4 rings (SSSR count). The van der Waals surface area contributed by atoms with E-state index in [-0.39, 0.29) is 23.3 Å². The number of aromatic amines is 1. The Kier molecular flexibility index (Phi) is 6.18. The first-order valence-electron chi connectivity index (χ1n) is 10.1. The number of fused-ring (bicyclic) bond motifs is 1. The number of amides is 1. The molecule has 0 bridgehead atoms. The van der Waals surface area contributed by atoms with Crippen LogP contribution in [-0.4, -0.2) is 31.4 Å². The van der Waals surface area contributed by atoms with Crippen LogP contribution in [0.1, 0.15) is 31.0 Å². The molecule has 0 saturated heterocycles. The molecule has 0 aliphatic heterocycles. The fraction of sp³-hybridized carbons (Fsp3) is 0.217. The van der Waals surface area contributed by atoms with E-state index in [2.05, 4.69) is 39.4 Å². The van der Waals surface area contributed by atoms with Crippen molar-refractivity contribution in [1.82, 2.24) is 25.1 Å². The van der Waals surface area contributed by atoms with Crippen molar-refractivity contribution in [2.45, 2.75) is 31.5 Å². The molecule has 31 heavy (non-hydrogen) atoms. The molecule has 0 aliphatic rings. The summed E-state index contributed by atoms with van der Waals surface area (Å²) in [6.45, 7) is 4.06. The molecule has 0 aliphatic carbocycles. The number of nitrogens with zero attached hydrogens (tertiary/aromatic N) is 3. The number of carbonyl (C=O) groups excluding carboxylic acids is 1. The van der Waals surface area contributed by atoms with Crippen LogP contribution in [0.4, 0.5) is 0 Å². The molecular weight excluding hydrogens is 410 g/mol. The van der Waals surface area contributed by atoms with Gasteiger partial charge in [0.25, 0.3) is 5.56 Å². The number of thioether (sulfide) groups is 1. The first kappa shape index (κ1) is 20.9. The van der Waals surface area contributed by atoms with Gasteiger partial charge in [0.05, 0.1) is 23.7 Å². The third-order valence-electron chi connectivity index (χ3n) is 5.02. The number of rotatable bonds is 7. The van der Waals surface area contributed by atoms with Crippen molar-refractivity contribution in [1.29, 1.82) is 0 Å². The number of nitrogens with one attached hydrogen (secondary N) is 2. The van der Waals surface area contributed by atoms with E-state index in [0.29, 0.717) is 16.2 Å². The van der Waals surface area contributed by atoms with E-state index in [4.69, 9.17) is 0 Å². The highest BCUT2D eigenvalue weighted by Crippen LogP contribution is 2.18. The zero-order chi connectivity index (χ0) is 21.8. The number of aromatic nitrogens is 4. The third-order valence-corrected chi connectivity index (χ3v) is 5.90. The second-order valence-electron chi connectivity index (χ2n) is 7.17. The summed E-state index contributed by atoms with van der Waals surface area (Å²) in [5, 5.41) is 8.07. The number of aryl methyl sites for hydroxylation is 1. The van der Waals surface area contributed by atoms with E-state index in [9.17, 15) is 9.59 Å². The van der Waals surface area contributed by atoms with Crippen molar-refractivity contribution in [3.05, 3.63) is 82.3 Å². The summed E-state index contributed by atoms with van der Waals surface area (Å²) < 4.78 is 1.62. The zero-order valence-corrected chi connectivity index (χ0v) is 18.1. The highest BCUT2D eigenvalue weighted by molar-refractivity contribution is 7.99. The highest BCUT2D eigenvalue weighted by Gasteiger charge is 2.14. The maximum absolute atomic E-state index is 12.4. The Balaban J connectivity index is 1.46. The van der Waals surface area contributed by atoms with Crippen molar-refractivity contribution in [3.63, 3.8) is 0 Å². The molecular formula is C23H23N5O2S. The number of hydrogen-bond acceptors (Lipinski definition) is 5. The molecule has 2 N–H and O–H groups in total. The first-order valence-corrected chi connectivity index (χ1v) is 11.1. The van der Waals surface area contributed by atoms with Crippen LogP contribution in [0.3, 0.4) is 0 Å². The largest absolute Gasteiger partial charge is 0.349 e. The lowest BCUT2D eigenvalue weighted by Gasteiger charge is -2.14. The molecule has 2 aromatic heterocycles. The smallest absolute Gasteiger partial charge is 0.262 e. The molecule has 158 valence electrons. The van der Waals surface area contributed by atoms with Gasteiger partial charge in [-0.05, 0) is 36.6 Å². The van der Waals surface area contributed by atoms with Gasteiger partial charge < -0.3 is 10.3 Å². The van der Waals surface area contributed by atoms with Crippen LogP contribution in [-0.2, 0) is 11.2 Å². The molecule has 0 spiro atoms. The van der Waals surface area contributed by atoms with Gasteiger partial charge in [0, 0.05) is 0 Å². The minimum Gasteiger partial charge on any atom is -0.349 e. The lowest BCUT2D eigenvalue weighted by Crippen LogP contribution is -2.28. The average Bonchev–Trinajstić information content (AvgIpc) is 3.23. The minimum absolute atomic E-state index is 0.104. The van der Waals surface area contributed by atoms with Crippen LogP contribution in [0.25, 0.3) is 16.7 Å². The van der Waals surface area contributed by atoms with Gasteiger partial charge in [-0.25, -0.2) is 9.67 Å². The molecule has 0 fully saturated rings. The van der Waals surface area contributed by atoms with Crippen LogP contribution in [0, 0.1) is 0 Å². The molecule has 1 amide bonds. The number of hydrogen-bond donors (Lipinski definition) is 2. The van der Waals surface area contributed by atoms with Gasteiger partial charge in [-0.1, -0.05) is 61.2 Å². The Labute approximate surface area is 183 Å². The Morgan fingerprint density at radius 3 is 2.61 bits per heavy atom. The van der Waals surface area contributed by atoms with Gasteiger partial charge in [-0.15, -0.1) is 0 Å². The standard InChI is InChI=1S/C23H23N5O2S/c1-3-16-9-11-17(12-10-16)15(2)25-20(29)14-31-23-26-21-19(22(30)27-23)13-24-28(21)18-7-5-4-6-8-18/h4-13,15H,3,14H2,1-2H3,(H,25,29)(H,26,27,30)/t15-/m1/s1. The molecule has 2 aromatic carbocycles. The fourth-order valence-electron chi connectivity index (χ4n) is 3.27. The molecule has 0 radical (unpaired) electrons. The Bertz CT molecular complexity index is 1250. The van der Waals surface area contributed by atoms with Crippen LogP contribution < -0.4 is 10.9 Å². The fourth-order valence-corrected chi connectivity index (χ4v) is 3.93. The Hall–Kier alpha value is -3.39. The zero-order valence-electron chi connectivity index (χ0n) is 17.3. The molecule has 7 nitrogen and oxygen atoms in total. The third kappa shape index (κ3) is 4.69. The van der Waals surface area contributed by atoms with Gasteiger partial charge in [-0.3, -0.25) is 9.59 Å². The van der Waals surface area contributed by atoms with E-state index in [1.807, 2.05) is 49.4 Å². The predicted molar refractivity (Wildman–Crippen MR) is 123 cm³/mol. The van der Waals surface area contributed by atoms with Crippen LogP contribution in [0.5, 0.6) is 0 Å². The maximum atomic E-state index is 12.4. The molecule has 2 heterocycles. The monoisotopic (exact) mass is 433 g/mol. The number of benzene rings is 2. The van der Waals surface area contributed by atoms with Gasteiger partial charge in [0.2, 0.25) is 5.91 Å². The van der Waals surface area contributed by atoms with Crippen molar-refractivity contribution < 1.29 is 4.79 Å². The SMILES string of the molecule is CCc1ccc([C@@H](C)NC(=O)CSc2nc3c(cnn3-c3ccccc3)c(=O)[nH]2)cc1. The van der Waals surface area contributed by atoms with E-state index < -0.39 is 0 Å². The van der Waals surface area contributed by atoms with Gasteiger partial charge >= 0.3 is 0 Å². The minimum atomic E-state index is -0.278. The van der Waals surface area contributed by atoms with Crippen LogP contribution >= 0.6 is 11.8 Å². The summed E-state index contributed by atoms with van der Waals surface area (Å²) in [6, 6.07) is 17.6. The predicted octanol–water partition coefficient (Wildman–Crippen LogP) is 3.64. The number of H-pyrrole nitrogens is 1. The number of para-hydroxylation sites is 1. The summed E-state index contributed by atoms with van der Waals surface area (Å²) in [5.74, 6) is 0.0158. The normalized spacial score (nSPS) is 12.1. The maximum Gasteiger partial charge on any atom is 0.262 e. The summed E-state index contributed by atoms with van der Waals surface area (Å²) in [4.78, 5) is 32.1. The molecule has 8 heteroatoms. The van der Waals surface area contributed by atoms with E-state index in [1.54, 1.807) is 4.68 Å². The topological polar surface area (TPSA) is 92.7 Å². The summed E-state index contributed by atoms with van der Waals surface area (Å²) >= 11 is 1.19. The van der Waals surface area contributed by atoms with Crippen LogP contribution in [0.2, 0.25) is 0 Å². The second kappa shape index (κ2) is 9.18. The molecule has 0 unspecified atom stereocenters. The Morgan fingerprint density at radius 1 is 1.16 bits per heavy atom. The molecule has 0 saturated carbocycles. The van der Waals surface area contributed by atoms with Crippen molar-refractivity contribution in [2.75, 3.05) is 5.75 Å². The second-order valence-corrected chi connectivity index (χ2v) is 8.14. The molecule has 4 aromatic rings. The first-order chi connectivity index (χ1) is 15.0. The van der Waals surface area contributed by atoms with Gasteiger partial charge in [0.1, 0.15) is 5.39 Å². The van der Waals surface area contributed by atoms with E-state index in [0.717, 1.165) is 17.7 Å². The lowest BCUT2D eigenvalue weighted by atomic mass is 10.1. The Morgan fingerprint density at radius 2 is 1.90 bits per heavy atom. The van der Waals surface area contributed by atoms with Gasteiger partial charge in [-0.2, -0.15) is 5.10 Å². The van der Waals surface area contributed by atoms with Crippen LogP contribution in [0.15, 0.2) is 70.7 Å². The quantitative estimate of drug-likeness (QED) is 0.343. The highest BCUT2D eigenvalue weighted by atomic mass is 32.2. The van der Waals surface area contributed by atoms with Crippen molar-refractivity contribution in [2.24, 2.45) is 0 Å². The van der Waals surface area contributed by atoms with E-state index in [1.165, 1.54) is 23.5 Å². The van der Waals surface area contributed by atoms with Gasteiger partial charge in [0.15, 0.2) is 10.8 Å². The molecule has 1 atom stereocenters.